The van der Waals surface area contributed by atoms with Gasteiger partial charge in [-0.25, -0.2) is 0 Å². The summed E-state index contributed by atoms with van der Waals surface area (Å²) >= 11 is 0. The Morgan fingerprint density at radius 1 is 0.933 bits per heavy atom. The van der Waals surface area contributed by atoms with Gasteiger partial charge in [0, 0.05) is 12.4 Å². The van der Waals surface area contributed by atoms with E-state index in [1.54, 1.807) is 0 Å². The van der Waals surface area contributed by atoms with Crippen molar-refractivity contribution in [2.75, 3.05) is 0 Å². The summed E-state index contributed by atoms with van der Waals surface area (Å²) in [5.74, 6) is 0. The molecule has 0 fully saturated rings. The number of alkyl halides is 3. The van der Waals surface area contributed by atoms with Crippen LogP contribution in [0.5, 0.6) is 0 Å². The maximum absolute atomic E-state index is 12.3. The Bertz CT molecular complexity index is 465. The quantitative estimate of drug-likeness (QED) is 0.672. The normalized spacial score (nSPS) is 11.1. The fraction of sp³-hybridized carbons (Fsp3) is 0.200. The second kappa shape index (κ2) is 3.84. The van der Waals surface area contributed by atoms with Crippen molar-refractivity contribution in [3.8, 4) is 0 Å². The Labute approximate surface area is 84.8 Å². The minimum absolute atomic E-state index is 0. The first kappa shape index (κ1) is 11.4. The zero-order valence-corrected chi connectivity index (χ0v) is 6.92. The number of aromatic nitrogens is 2. The zero-order chi connectivity index (χ0) is 10.2. The molecule has 5 heteroatoms. The Morgan fingerprint density at radius 3 is 2.13 bits per heavy atom. The Balaban J connectivity index is 0.00000112. The summed E-state index contributed by atoms with van der Waals surface area (Å²) in [7, 11) is 0. The maximum Gasteiger partial charge on any atom is 0.416 e. The van der Waals surface area contributed by atoms with E-state index in [-0.39, 0.29) is 12.9 Å². The minimum Gasteiger partial charge on any atom is -0.253 e. The van der Waals surface area contributed by atoms with Crippen LogP contribution in [0.25, 0.3) is 11.0 Å². The number of rotatable bonds is 0. The smallest absolute Gasteiger partial charge is 0.253 e. The molecule has 2 nitrogen and oxygen atoms in total. The van der Waals surface area contributed by atoms with Crippen molar-refractivity contribution in [1.82, 2.24) is 9.97 Å². The average molecular weight is 214 g/mol. The first-order valence-electron chi connectivity index (χ1n) is 3.85. The lowest BCUT2D eigenvalue weighted by Gasteiger charge is -2.06. The van der Waals surface area contributed by atoms with Crippen LogP contribution < -0.4 is 0 Å². The van der Waals surface area contributed by atoms with Gasteiger partial charge in [-0.2, -0.15) is 13.2 Å². The summed E-state index contributed by atoms with van der Waals surface area (Å²) in [6.45, 7) is 0. The lowest BCUT2D eigenvalue weighted by molar-refractivity contribution is -0.137. The molecule has 0 aliphatic heterocycles. The van der Waals surface area contributed by atoms with Gasteiger partial charge in [0.15, 0.2) is 0 Å². The van der Waals surface area contributed by atoms with E-state index in [0.29, 0.717) is 5.52 Å². The number of hydrogen-bond acceptors (Lipinski definition) is 2. The molecule has 1 aromatic heterocycles. The molecule has 0 amide bonds. The molecule has 1 heterocycles. The van der Waals surface area contributed by atoms with Crippen LogP contribution in [0, 0.1) is 0 Å². The first-order valence-corrected chi connectivity index (χ1v) is 3.85. The molecule has 80 valence electrons. The molecular formula is C10H9F3N2. The van der Waals surface area contributed by atoms with E-state index >= 15 is 0 Å². The molecule has 0 atom stereocenters. The van der Waals surface area contributed by atoms with Crippen molar-refractivity contribution in [3.05, 3.63) is 36.2 Å². The lowest BCUT2D eigenvalue weighted by atomic mass is 10.2. The molecule has 0 spiro atoms. The Morgan fingerprint density at radius 2 is 1.53 bits per heavy atom. The highest BCUT2D eigenvalue weighted by Gasteiger charge is 2.30. The molecule has 0 saturated heterocycles. The summed E-state index contributed by atoms with van der Waals surface area (Å²) in [6.07, 6.45) is -1.52. The summed E-state index contributed by atoms with van der Waals surface area (Å²) in [6, 6.07) is 3.30. The molecule has 0 N–H and O–H groups in total. The molecule has 2 rings (SSSR count). The molecule has 0 aliphatic carbocycles. The predicted molar refractivity (Wildman–Crippen MR) is 51.3 cm³/mol. The van der Waals surface area contributed by atoms with E-state index < -0.39 is 11.7 Å². The van der Waals surface area contributed by atoms with E-state index in [4.69, 9.17) is 0 Å². The van der Waals surface area contributed by atoms with Gasteiger partial charge in [0.05, 0.1) is 16.6 Å². The Hall–Kier alpha value is -1.65. The second-order valence-corrected chi connectivity index (χ2v) is 2.76. The van der Waals surface area contributed by atoms with Gasteiger partial charge in [-0.1, -0.05) is 7.43 Å². The third-order valence-electron chi connectivity index (χ3n) is 1.80. The van der Waals surface area contributed by atoms with Gasteiger partial charge < -0.3 is 0 Å². The van der Waals surface area contributed by atoms with Crippen molar-refractivity contribution in [1.29, 1.82) is 0 Å². The van der Waals surface area contributed by atoms with Crippen molar-refractivity contribution < 1.29 is 13.2 Å². The van der Waals surface area contributed by atoms with Crippen LogP contribution in [-0.4, -0.2) is 9.97 Å². The molecule has 0 radical (unpaired) electrons. The van der Waals surface area contributed by atoms with Gasteiger partial charge >= 0.3 is 6.18 Å². The van der Waals surface area contributed by atoms with Gasteiger partial charge in [0.2, 0.25) is 0 Å². The van der Waals surface area contributed by atoms with Gasteiger partial charge in [-0.15, -0.1) is 0 Å². The molecular weight excluding hydrogens is 205 g/mol. The third-order valence-corrected chi connectivity index (χ3v) is 1.80. The lowest BCUT2D eigenvalue weighted by Crippen LogP contribution is -2.04. The molecule has 0 saturated carbocycles. The largest absolute Gasteiger partial charge is 0.416 e. The first-order chi connectivity index (χ1) is 6.57. The van der Waals surface area contributed by atoms with E-state index in [1.807, 2.05) is 0 Å². The van der Waals surface area contributed by atoms with E-state index in [2.05, 4.69) is 9.97 Å². The van der Waals surface area contributed by atoms with E-state index in [1.165, 1.54) is 18.5 Å². The molecule has 0 bridgehead atoms. The monoisotopic (exact) mass is 214 g/mol. The number of fused-ring (bicyclic) bond motifs is 1. The van der Waals surface area contributed by atoms with E-state index in [0.717, 1.165) is 12.1 Å². The van der Waals surface area contributed by atoms with Gasteiger partial charge in [0.25, 0.3) is 0 Å². The summed E-state index contributed by atoms with van der Waals surface area (Å²) in [5, 5.41) is 0. The Kier molecular flexibility index (Phi) is 2.93. The second-order valence-electron chi connectivity index (χ2n) is 2.76. The highest BCUT2D eigenvalue weighted by molar-refractivity contribution is 5.74. The standard InChI is InChI=1S/C9H5F3N2.CH4/c10-9(11,12)6-1-2-7-8(5-6)14-4-3-13-7;/h1-5H;1H4. The fourth-order valence-electron chi connectivity index (χ4n) is 1.14. The molecule has 1 aromatic carbocycles. The highest BCUT2D eigenvalue weighted by atomic mass is 19.4. The van der Waals surface area contributed by atoms with Gasteiger partial charge in [0.1, 0.15) is 0 Å². The van der Waals surface area contributed by atoms with Gasteiger partial charge in [-0.3, -0.25) is 9.97 Å². The van der Waals surface area contributed by atoms with Crippen molar-refractivity contribution in [3.63, 3.8) is 0 Å². The zero-order valence-electron chi connectivity index (χ0n) is 6.92. The highest BCUT2D eigenvalue weighted by Crippen LogP contribution is 2.30. The van der Waals surface area contributed by atoms with Crippen LogP contribution in [0.3, 0.4) is 0 Å². The average Bonchev–Trinajstić information content (AvgIpc) is 2.16. The van der Waals surface area contributed by atoms with Crippen LogP contribution in [0.1, 0.15) is 13.0 Å². The SMILES string of the molecule is C.FC(F)(F)c1ccc2nccnc2c1. The summed E-state index contributed by atoms with van der Waals surface area (Å²) in [4.78, 5) is 7.67. The molecule has 0 aliphatic rings. The molecule has 0 unspecified atom stereocenters. The number of benzene rings is 1. The predicted octanol–water partition coefficient (Wildman–Crippen LogP) is 3.28. The minimum atomic E-state index is -4.33. The summed E-state index contributed by atoms with van der Waals surface area (Å²) in [5.41, 5.74) is 0.00771. The number of halogens is 3. The third kappa shape index (κ3) is 2.23. The van der Waals surface area contributed by atoms with Crippen LogP contribution in [0.4, 0.5) is 13.2 Å². The van der Waals surface area contributed by atoms with Crippen LogP contribution in [0.2, 0.25) is 0 Å². The van der Waals surface area contributed by atoms with Crippen molar-refractivity contribution >= 4 is 11.0 Å². The number of nitrogens with zero attached hydrogens (tertiary/aromatic N) is 2. The number of hydrogen-bond donors (Lipinski definition) is 0. The molecule has 2 aromatic rings. The topological polar surface area (TPSA) is 25.8 Å². The van der Waals surface area contributed by atoms with Crippen molar-refractivity contribution in [2.45, 2.75) is 13.6 Å². The van der Waals surface area contributed by atoms with Crippen molar-refractivity contribution in [2.24, 2.45) is 0 Å². The summed E-state index contributed by atoms with van der Waals surface area (Å²) < 4.78 is 36.8. The maximum atomic E-state index is 12.3. The van der Waals surface area contributed by atoms with Gasteiger partial charge in [-0.05, 0) is 18.2 Å². The molecule has 15 heavy (non-hydrogen) atoms. The van der Waals surface area contributed by atoms with Crippen LogP contribution in [0.15, 0.2) is 30.6 Å². The van der Waals surface area contributed by atoms with Crippen LogP contribution >= 0.6 is 0 Å². The van der Waals surface area contributed by atoms with Crippen LogP contribution in [-0.2, 0) is 6.18 Å². The van der Waals surface area contributed by atoms with E-state index in [9.17, 15) is 13.2 Å². The fourth-order valence-corrected chi connectivity index (χ4v) is 1.14.